The van der Waals surface area contributed by atoms with Crippen LogP contribution in [0.25, 0.3) is 0 Å². The minimum absolute atomic E-state index is 0. The summed E-state index contributed by atoms with van der Waals surface area (Å²) in [6.07, 6.45) is 5.42. The number of rotatable bonds is 5. The molecule has 2 N–H and O–H groups in total. The molecule has 2 saturated heterocycles. The van der Waals surface area contributed by atoms with Crippen LogP contribution in [0.15, 0.2) is 29.3 Å². The van der Waals surface area contributed by atoms with Crippen molar-refractivity contribution in [1.82, 2.24) is 15.5 Å². The number of aliphatic imine (C=N–C) groups is 1. The lowest BCUT2D eigenvalue weighted by Crippen LogP contribution is -2.72. The van der Waals surface area contributed by atoms with E-state index >= 15 is 0 Å². The molecule has 1 aromatic rings. The summed E-state index contributed by atoms with van der Waals surface area (Å²) in [6, 6.07) is 7.48. The molecule has 4 unspecified atom stereocenters. The third-order valence-electron chi connectivity index (χ3n) is 7.76. The average Bonchev–Trinajstić information content (AvgIpc) is 3.16. The minimum Gasteiger partial charge on any atom is -0.379 e. The lowest BCUT2D eigenvalue weighted by molar-refractivity contribution is -0.171. The minimum atomic E-state index is -0.200. The molecule has 2 saturated carbocycles. The molecule has 31 heavy (non-hydrogen) atoms. The van der Waals surface area contributed by atoms with Crippen molar-refractivity contribution in [1.29, 1.82) is 0 Å². The van der Waals surface area contributed by atoms with Gasteiger partial charge in [-0.1, -0.05) is 18.6 Å². The van der Waals surface area contributed by atoms with E-state index in [0.29, 0.717) is 23.5 Å². The molecule has 1 spiro atoms. The van der Waals surface area contributed by atoms with Gasteiger partial charge in [-0.05, 0) is 37.0 Å². The highest BCUT2D eigenvalue weighted by molar-refractivity contribution is 14.0. The van der Waals surface area contributed by atoms with E-state index in [2.05, 4.69) is 20.5 Å². The van der Waals surface area contributed by atoms with E-state index in [9.17, 15) is 4.39 Å². The van der Waals surface area contributed by atoms with Crippen LogP contribution in [-0.2, 0) is 9.47 Å². The first-order chi connectivity index (χ1) is 14.7. The predicted octanol–water partition coefficient (Wildman–Crippen LogP) is 2.94. The molecular weight excluding hydrogens is 510 g/mol. The Morgan fingerprint density at radius 1 is 1.23 bits per heavy atom. The monoisotopic (exact) mass is 544 g/mol. The highest BCUT2D eigenvalue weighted by Crippen LogP contribution is 2.62. The highest BCUT2D eigenvalue weighted by Gasteiger charge is 2.66. The number of nitrogens with one attached hydrogen (secondary N) is 2. The first-order valence-corrected chi connectivity index (χ1v) is 11.4. The Hall–Kier alpha value is -0.970. The normalized spacial score (nSPS) is 30.5. The van der Waals surface area contributed by atoms with Crippen molar-refractivity contribution in [2.75, 3.05) is 46.5 Å². The second kappa shape index (κ2) is 9.89. The fraction of sp³-hybridized carbons (Fsp3) is 0.696. The summed E-state index contributed by atoms with van der Waals surface area (Å²) in [7, 11) is 1.84. The molecule has 4 atom stereocenters. The lowest BCUT2D eigenvalue weighted by atomic mass is 9.46. The Bertz CT molecular complexity index is 767. The third-order valence-corrected chi connectivity index (χ3v) is 7.76. The van der Waals surface area contributed by atoms with Gasteiger partial charge in [-0.25, -0.2) is 4.39 Å². The van der Waals surface area contributed by atoms with Gasteiger partial charge in [-0.3, -0.25) is 9.89 Å². The first-order valence-electron chi connectivity index (χ1n) is 11.4. The number of nitrogens with zero attached hydrogens (tertiary/aromatic N) is 2. The molecule has 4 fully saturated rings. The van der Waals surface area contributed by atoms with Crippen molar-refractivity contribution in [2.24, 2.45) is 16.3 Å². The van der Waals surface area contributed by atoms with Crippen LogP contribution < -0.4 is 10.6 Å². The zero-order valence-electron chi connectivity index (χ0n) is 18.2. The van der Waals surface area contributed by atoms with Crippen LogP contribution in [0.5, 0.6) is 0 Å². The van der Waals surface area contributed by atoms with Crippen LogP contribution >= 0.6 is 24.0 Å². The van der Waals surface area contributed by atoms with Crippen LogP contribution in [0.3, 0.4) is 0 Å². The fourth-order valence-corrected chi connectivity index (χ4v) is 6.02. The van der Waals surface area contributed by atoms with Crippen LogP contribution in [0, 0.1) is 17.2 Å². The molecule has 0 radical (unpaired) electrons. The molecule has 0 aromatic heterocycles. The van der Waals surface area contributed by atoms with Crippen molar-refractivity contribution in [3.05, 3.63) is 35.6 Å². The molecule has 4 aliphatic rings. The number of halogens is 2. The van der Waals surface area contributed by atoms with Gasteiger partial charge in [0.1, 0.15) is 5.82 Å². The summed E-state index contributed by atoms with van der Waals surface area (Å²) < 4.78 is 25.1. The Morgan fingerprint density at radius 3 is 2.61 bits per heavy atom. The highest BCUT2D eigenvalue weighted by atomic mass is 127. The molecule has 0 amide bonds. The quantitative estimate of drug-likeness (QED) is 0.339. The van der Waals surface area contributed by atoms with Crippen LogP contribution in [0.1, 0.15) is 37.3 Å². The maximum absolute atomic E-state index is 13.5. The molecule has 2 heterocycles. The SMILES string of the molecule is CN=C(NCC(c1ccc(F)cc1)N1CCOCC1)NC1C2CCOC2C12CCC2.I. The molecule has 6 nitrogen and oxygen atoms in total. The summed E-state index contributed by atoms with van der Waals surface area (Å²) in [4.78, 5) is 6.93. The first kappa shape index (κ1) is 23.2. The largest absolute Gasteiger partial charge is 0.379 e. The third kappa shape index (κ3) is 4.32. The van der Waals surface area contributed by atoms with E-state index < -0.39 is 0 Å². The predicted molar refractivity (Wildman–Crippen MR) is 129 cm³/mol. The molecule has 5 rings (SSSR count). The zero-order valence-corrected chi connectivity index (χ0v) is 20.5. The van der Waals surface area contributed by atoms with Gasteiger partial charge in [0, 0.05) is 50.7 Å². The van der Waals surface area contributed by atoms with E-state index in [-0.39, 0.29) is 35.8 Å². The summed E-state index contributed by atoms with van der Waals surface area (Å²) in [5.41, 5.74) is 1.43. The standard InChI is InChI=1S/C23H33FN4O2.HI/c1-25-22(27-20-18-7-12-30-21(18)23(20)8-2-9-23)26-15-19(28-10-13-29-14-11-28)16-3-5-17(24)6-4-16;/h3-6,18-21H,2,7-15H2,1H3,(H2,25,26,27);1H. The summed E-state index contributed by atoms with van der Waals surface area (Å²) >= 11 is 0. The van der Waals surface area contributed by atoms with E-state index in [4.69, 9.17) is 9.47 Å². The second-order valence-electron chi connectivity index (χ2n) is 9.12. The van der Waals surface area contributed by atoms with Gasteiger partial charge in [-0.2, -0.15) is 0 Å². The maximum atomic E-state index is 13.5. The molecule has 2 aliphatic heterocycles. The summed E-state index contributed by atoms with van der Waals surface area (Å²) in [5, 5.41) is 7.31. The number of morpholine rings is 1. The van der Waals surface area contributed by atoms with Gasteiger partial charge in [0.15, 0.2) is 5.96 Å². The zero-order chi connectivity index (χ0) is 20.6. The van der Waals surface area contributed by atoms with Gasteiger partial charge in [-0.15, -0.1) is 24.0 Å². The Morgan fingerprint density at radius 2 is 1.97 bits per heavy atom. The van der Waals surface area contributed by atoms with Crippen molar-refractivity contribution >= 4 is 29.9 Å². The van der Waals surface area contributed by atoms with Crippen molar-refractivity contribution in [3.8, 4) is 0 Å². The molecule has 0 bridgehead atoms. The number of guanidine groups is 1. The number of hydrogen-bond acceptors (Lipinski definition) is 4. The molecule has 2 aliphatic carbocycles. The van der Waals surface area contributed by atoms with Gasteiger partial charge in [0.25, 0.3) is 0 Å². The summed E-state index contributed by atoms with van der Waals surface area (Å²) in [6.45, 7) is 4.84. The fourth-order valence-electron chi connectivity index (χ4n) is 6.02. The van der Waals surface area contributed by atoms with Crippen molar-refractivity contribution in [2.45, 2.75) is 43.9 Å². The van der Waals surface area contributed by atoms with Crippen LogP contribution in [0.2, 0.25) is 0 Å². The van der Waals surface area contributed by atoms with Gasteiger partial charge in [0.2, 0.25) is 0 Å². The molecule has 1 aromatic carbocycles. The smallest absolute Gasteiger partial charge is 0.191 e. The van der Waals surface area contributed by atoms with Crippen molar-refractivity contribution < 1.29 is 13.9 Å². The van der Waals surface area contributed by atoms with Gasteiger partial charge in [0.05, 0.1) is 25.4 Å². The van der Waals surface area contributed by atoms with Crippen LogP contribution in [-0.4, -0.2) is 69.5 Å². The number of fused-ring (bicyclic) bond motifs is 2. The van der Waals surface area contributed by atoms with Crippen molar-refractivity contribution in [3.63, 3.8) is 0 Å². The Balaban J connectivity index is 0.00000231. The van der Waals surface area contributed by atoms with Gasteiger partial charge < -0.3 is 20.1 Å². The number of benzene rings is 1. The average molecular weight is 544 g/mol. The Kier molecular flexibility index (Phi) is 7.40. The van der Waals surface area contributed by atoms with E-state index in [0.717, 1.165) is 57.4 Å². The summed E-state index contributed by atoms with van der Waals surface area (Å²) in [5.74, 6) is 1.27. The molecular formula is C23H34FIN4O2. The van der Waals surface area contributed by atoms with Crippen LogP contribution in [0.4, 0.5) is 4.39 Å². The van der Waals surface area contributed by atoms with Gasteiger partial charge >= 0.3 is 0 Å². The number of hydrogen-bond donors (Lipinski definition) is 2. The molecule has 172 valence electrons. The maximum Gasteiger partial charge on any atom is 0.191 e. The van der Waals surface area contributed by atoms with E-state index in [1.807, 2.05) is 19.2 Å². The Labute approximate surface area is 201 Å². The van der Waals surface area contributed by atoms with E-state index in [1.54, 1.807) is 12.1 Å². The topological polar surface area (TPSA) is 58.1 Å². The van der Waals surface area contributed by atoms with E-state index in [1.165, 1.54) is 19.3 Å². The lowest BCUT2D eigenvalue weighted by Gasteiger charge is -2.63. The molecule has 8 heteroatoms. The number of ether oxygens (including phenoxy) is 2. The second-order valence-corrected chi connectivity index (χ2v) is 9.12.